The summed E-state index contributed by atoms with van der Waals surface area (Å²) in [5, 5.41) is 9.82. The van der Waals surface area contributed by atoms with Gasteiger partial charge < -0.3 is 14.3 Å². The number of benzene rings is 1. The van der Waals surface area contributed by atoms with Crippen LogP contribution in [-0.4, -0.2) is 25.7 Å². The molecule has 7 nitrogen and oxygen atoms in total. The van der Waals surface area contributed by atoms with Crippen LogP contribution in [0.4, 0.5) is 5.69 Å². The van der Waals surface area contributed by atoms with Crippen LogP contribution < -0.4 is 5.32 Å². The molecule has 1 aliphatic rings. The number of aromatic nitrogens is 4. The zero-order chi connectivity index (χ0) is 18.9. The maximum Gasteiger partial charge on any atom is 0.276 e. The minimum absolute atomic E-state index is 0.281. The second kappa shape index (κ2) is 6.84. The normalized spacial score (nSPS) is 13.3. The van der Waals surface area contributed by atoms with E-state index in [0.29, 0.717) is 22.8 Å². The van der Waals surface area contributed by atoms with Crippen LogP contribution in [0.3, 0.4) is 0 Å². The Hall–Kier alpha value is -3.61. The average molecular weight is 373 g/mol. The molecule has 0 bridgehead atoms. The van der Waals surface area contributed by atoms with Crippen molar-refractivity contribution in [3.8, 4) is 22.8 Å². The lowest BCUT2D eigenvalue weighted by molar-refractivity contribution is 0.102. The number of fused-ring (bicyclic) bond motifs is 1. The predicted octanol–water partition coefficient (Wildman–Crippen LogP) is 4.12. The van der Waals surface area contributed by atoms with E-state index in [1.54, 1.807) is 18.4 Å². The number of rotatable bonds is 4. The second-order valence-electron chi connectivity index (χ2n) is 6.86. The molecular weight excluding hydrogens is 354 g/mol. The fourth-order valence-corrected chi connectivity index (χ4v) is 3.59. The Balaban J connectivity index is 1.37. The first-order valence-electron chi connectivity index (χ1n) is 9.33. The van der Waals surface area contributed by atoms with Crippen molar-refractivity contribution in [1.29, 1.82) is 0 Å². The molecule has 0 atom stereocenters. The Kier molecular flexibility index (Phi) is 4.05. The summed E-state index contributed by atoms with van der Waals surface area (Å²) in [7, 11) is 0. The van der Waals surface area contributed by atoms with Crippen LogP contribution in [0.15, 0.2) is 59.3 Å². The topological polar surface area (TPSA) is 88.7 Å². The van der Waals surface area contributed by atoms with Gasteiger partial charge in [-0.2, -0.15) is 5.10 Å². The van der Waals surface area contributed by atoms with Crippen LogP contribution in [0.5, 0.6) is 0 Å². The lowest BCUT2D eigenvalue weighted by Crippen LogP contribution is -2.13. The van der Waals surface area contributed by atoms with E-state index in [9.17, 15) is 4.79 Å². The number of hydrogen-bond acceptors (Lipinski definition) is 4. The largest absolute Gasteiger partial charge is 0.463 e. The van der Waals surface area contributed by atoms with Gasteiger partial charge in [-0.1, -0.05) is 12.1 Å². The molecule has 0 spiro atoms. The molecule has 0 fully saturated rings. The standard InChI is InChI=1S/C21H19N5O2/c27-21(18-12-17(24-25-18)19-8-4-10-28-19)23-15-6-3-5-14(11-15)20-22-13-16-7-1-2-9-26(16)20/h3-6,8,10-13H,1-2,7,9H2,(H,23,27)(H,24,25). The molecule has 5 rings (SSSR count). The van der Waals surface area contributed by atoms with Gasteiger partial charge >= 0.3 is 0 Å². The lowest BCUT2D eigenvalue weighted by Gasteiger charge is -2.16. The number of furan rings is 1. The van der Waals surface area contributed by atoms with Gasteiger partial charge in [0, 0.05) is 35.8 Å². The molecular formula is C21H19N5O2. The fraction of sp³-hybridized carbons (Fsp3) is 0.190. The molecule has 1 amide bonds. The van der Waals surface area contributed by atoms with Crippen molar-refractivity contribution in [3.63, 3.8) is 0 Å². The van der Waals surface area contributed by atoms with E-state index in [-0.39, 0.29) is 5.91 Å². The quantitative estimate of drug-likeness (QED) is 0.563. The highest BCUT2D eigenvalue weighted by atomic mass is 16.3. The number of carbonyl (C=O) groups is 1. The van der Waals surface area contributed by atoms with E-state index < -0.39 is 0 Å². The molecule has 0 unspecified atom stereocenters. The number of aromatic amines is 1. The van der Waals surface area contributed by atoms with Crippen molar-refractivity contribution in [2.24, 2.45) is 0 Å². The average Bonchev–Trinajstić information content (AvgIpc) is 3.48. The number of aryl methyl sites for hydroxylation is 1. The van der Waals surface area contributed by atoms with Gasteiger partial charge in [0.25, 0.3) is 5.91 Å². The highest BCUT2D eigenvalue weighted by Crippen LogP contribution is 2.26. The van der Waals surface area contributed by atoms with Crippen molar-refractivity contribution in [2.75, 3.05) is 5.32 Å². The highest BCUT2D eigenvalue weighted by molar-refractivity contribution is 6.03. The van der Waals surface area contributed by atoms with Gasteiger partial charge in [0.1, 0.15) is 11.5 Å². The first-order valence-corrected chi connectivity index (χ1v) is 9.33. The Bertz CT molecular complexity index is 1120. The molecule has 0 saturated carbocycles. The molecule has 2 N–H and O–H groups in total. The van der Waals surface area contributed by atoms with Crippen LogP contribution in [0.2, 0.25) is 0 Å². The first kappa shape index (κ1) is 16.6. The van der Waals surface area contributed by atoms with Crippen LogP contribution in [0.1, 0.15) is 29.0 Å². The third-order valence-electron chi connectivity index (χ3n) is 4.98. The van der Waals surface area contributed by atoms with Gasteiger partial charge in [-0.25, -0.2) is 4.98 Å². The molecule has 4 heterocycles. The molecule has 0 saturated heterocycles. The molecule has 3 aromatic heterocycles. The van der Waals surface area contributed by atoms with Gasteiger partial charge in [-0.05, 0) is 43.5 Å². The van der Waals surface area contributed by atoms with Crippen molar-refractivity contribution < 1.29 is 9.21 Å². The third kappa shape index (κ3) is 3.00. The summed E-state index contributed by atoms with van der Waals surface area (Å²) in [5.74, 6) is 1.31. The summed E-state index contributed by atoms with van der Waals surface area (Å²) in [6, 6.07) is 13.0. The zero-order valence-electron chi connectivity index (χ0n) is 15.2. The molecule has 0 aliphatic carbocycles. The number of anilines is 1. The molecule has 28 heavy (non-hydrogen) atoms. The molecule has 4 aromatic rings. The van der Waals surface area contributed by atoms with Gasteiger partial charge in [0.2, 0.25) is 0 Å². The maximum atomic E-state index is 12.6. The maximum absolute atomic E-state index is 12.6. The second-order valence-corrected chi connectivity index (χ2v) is 6.86. The van der Waals surface area contributed by atoms with Crippen molar-refractivity contribution >= 4 is 11.6 Å². The van der Waals surface area contributed by atoms with Crippen LogP contribution in [0, 0.1) is 0 Å². The highest BCUT2D eigenvalue weighted by Gasteiger charge is 2.17. The fourth-order valence-electron chi connectivity index (χ4n) is 3.59. The van der Waals surface area contributed by atoms with Gasteiger partial charge in [0.15, 0.2) is 11.5 Å². The smallest absolute Gasteiger partial charge is 0.276 e. The number of nitrogens with zero attached hydrogens (tertiary/aromatic N) is 3. The summed E-state index contributed by atoms with van der Waals surface area (Å²) in [6.07, 6.45) is 6.99. The number of nitrogens with one attached hydrogen (secondary N) is 2. The van der Waals surface area contributed by atoms with E-state index >= 15 is 0 Å². The molecule has 140 valence electrons. The molecule has 7 heteroatoms. The number of carbonyl (C=O) groups excluding carboxylic acids is 1. The van der Waals surface area contributed by atoms with E-state index in [0.717, 1.165) is 24.4 Å². The SMILES string of the molecule is O=C(Nc1cccc(-c2ncc3n2CCCC3)c1)c1cc(-c2ccco2)[nH]n1. The lowest BCUT2D eigenvalue weighted by atomic mass is 10.1. The van der Waals surface area contributed by atoms with Crippen molar-refractivity contribution in [2.45, 2.75) is 25.8 Å². The molecule has 1 aliphatic heterocycles. The molecule has 1 aromatic carbocycles. The number of hydrogen-bond donors (Lipinski definition) is 2. The third-order valence-corrected chi connectivity index (χ3v) is 4.98. The van der Waals surface area contributed by atoms with Crippen LogP contribution >= 0.6 is 0 Å². The summed E-state index contributed by atoms with van der Waals surface area (Å²) in [5.41, 5.74) is 3.93. The van der Waals surface area contributed by atoms with Gasteiger partial charge in [0.05, 0.1) is 6.26 Å². The Labute approximate surface area is 161 Å². The summed E-state index contributed by atoms with van der Waals surface area (Å²) in [4.78, 5) is 17.2. The minimum Gasteiger partial charge on any atom is -0.463 e. The Morgan fingerprint density at radius 1 is 1.18 bits per heavy atom. The van der Waals surface area contributed by atoms with E-state index in [2.05, 4.69) is 25.1 Å². The molecule has 0 radical (unpaired) electrons. The monoisotopic (exact) mass is 373 g/mol. The first-order chi connectivity index (χ1) is 13.8. The van der Waals surface area contributed by atoms with Crippen molar-refractivity contribution in [1.82, 2.24) is 19.7 Å². The summed E-state index contributed by atoms with van der Waals surface area (Å²) < 4.78 is 7.59. The predicted molar refractivity (Wildman–Crippen MR) is 105 cm³/mol. The van der Waals surface area contributed by atoms with Gasteiger partial charge in [-0.15, -0.1) is 0 Å². The summed E-state index contributed by atoms with van der Waals surface area (Å²) >= 11 is 0. The number of amides is 1. The van der Waals surface area contributed by atoms with Gasteiger partial charge in [-0.3, -0.25) is 9.89 Å². The Morgan fingerprint density at radius 2 is 2.14 bits per heavy atom. The zero-order valence-corrected chi connectivity index (χ0v) is 15.2. The van der Waals surface area contributed by atoms with E-state index in [1.165, 1.54) is 18.5 Å². The summed E-state index contributed by atoms with van der Waals surface area (Å²) in [6.45, 7) is 0.990. The number of H-pyrrole nitrogens is 1. The van der Waals surface area contributed by atoms with E-state index in [1.807, 2.05) is 36.5 Å². The Morgan fingerprint density at radius 3 is 3.04 bits per heavy atom. The minimum atomic E-state index is -0.281. The number of imidazole rings is 1. The van der Waals surface area contributed by atoms with Crippen LogP contribution in [-0.2, 0) is 13.0 Å². The van der Waals surface area contributed by atoms with E-state index in [4.69, 9.17) is 4.42 Å². The van der Waals surface area contributed by atoms with Crippen molar-refractivity contribution in [3.05, 3.63) is 66.3 Å². The van der Waals surface area contributed by atoms with Crippen LogP contribution in [0.25, 0.3) is 22.8 Å².